The van der Waals surface area contributed by atoms with E-state index in [4.69, 9.17) is 9.47 Å². The number of likely N-dealkylation sites (N-methyl/N-ethyl adjacent to an activating group) is 1. The van der Waals surface area contributed by atoms with Crippen molar-refractivity contribution in [2.24, 2.45) is 0 Å². The first-order valence-electron chi connectivity index (χ1n) is 11.1. The fraction of sp³-hybridized carbons (Fsp3) is 0.440. The second kappa shape index (κ2) is 11.4. The third-order valence-electron chi connectivity index (χ3n) is 5.46. The Morgan fingerprint density at radius 3 is 2.42 bits per heavy atom. The molecule has 1 N–H and O–H groups in total. The highest BCUT2D eigenvalue weighted by Crippen LogP contribution is 2.31. The van der Waals surface area contributed by atoms with Crippen molar-refractivity contribution >= 4 is 11.8 Å². The van der Waals surface area contributed by atoms with E-state index in [1.54, 1.807) is 4.90 Å². The number of aryl methyl sites for hydroxylation is 1. The number of rotatable bonds is 10. The van der Waals surface area contributed by atoms with Crippen molar-refractivity contribution in [1.82, 2.24) is 10.2 Å². The van der Waals surface area contributed by atoms with Crippen LogP contribution < -0.4 is 14.8 Å². The Labute approximate surface area is 184 Å². The molecular formula is C25H32N2O4. The lowest BCUT2D eigenvalue weighted by molar-refractivity contribution is -0.140. The first-order valence-corrected chi connectivity index (χ1v) is 11.1. The number of nitrogens with one attached hydrogen (secondary N) is 1. The number of amides is 2. The summed E-state index contributed by atoms with van der Waals surface area (Å²) in [6.07, 6.45) is 2.22. The summed E-state index contributed by atoms with van der Waals surface area (Å²) in [5.41, 5.74) is 2.17. The van der Waals surface area contributed by atoms with Gasteiger partial charge in [-0.1, -0.05) is 43.3 Å². The Morgan fingerprint density at radius 2 is 1.71 bits per heavy atom. The molecule has 0 aliphatic carbocycles. The molecular weight excluding hydrogens is 392 g/mol. The fourth-order valence-electron chi connectivity index (χ4n) is 3.83. The average molecular weight is 425 g/mol. The van der Waals surface area contributed by atoms with Crippen LogP contribution in [0.2, 0.25) is 0 Å². The molecule has 3 rings (SSSR count). The van der Waals surface area contributed by atoms with E-state index in [0.717, 1.165) is 22.6 Å². The van der Waals surface area contributed by atoms with Gasteiger partial charge in [0.05, 0.1) is 0 Å². The van der Waals surface area contributed by atoms with Crippen LogP contribution in [-0.2, 0) is 22.4 Å². The molecule has 0 spiro atoms. The molecule has 1 aliphatic rings. The van der Waals surface area contributed by atoms with E-state index < -0.39 is 6.04 Å². The average Bonchev–Trinajstić information content (AvgIpc) is 2.80. The van der Waals surface area contributed by atoms with Crippen molar-refractivity contribution in [3.05, 3.63) is 59.7 Å². The van der Waals surface area contributed by atoms with Gasteiger partial charge in [-0.25, -0.2) is 0 Å². The van der Waals surface area contributed by atoms with Gasteiger partial charge in [0, 0.05) is 19.5 Å². The number of benzene rings is 2. The maximum Gasteiger partial charge on any atom is 0.242 e. The van der Waals surface area contributed by atoms with Gasteiger partial charge < -0.3 is 19.7 Å². The van der Waals surface area contributed by atoms with E-state index in [0.29, 0.717) is 52.0 Å². The fourth-order valence-corrected chi connectivity index (χ4v) is 3.83. The minimum Gasteiger partial charge on any atom is -0.486 e. The number of ether oxygens (including phenoxy) is 2. The van der Waals surface area contributed by atoms with Crippen LogP contribution in [0.25, 0.3) is 0 Å². The van der Waals surface area contributed by atoms with E-state index in [1.807, 2.05) is 62.4 Å². The summed E-state index contributed by atoms with van der Waals surface area (Å²) in [5.74, 6) is 1.37. The zero-order valence-corrected chi connectivity index (χ0v) is 18.4. The van der Waals surface area contributed by atoms with Crippen LogP contribution in [0.15, 0.2) is 48.5 Å². The highest BCUT2D eigenvalue weighted by atomic mass is 16.6. The van der Waals surface area contributed by atoms with Crippen molar-refractivity contribution in [3.8, 4) is 11.5 Å². The van der Waals surface area contributed by atoms with Crippen LogP contribution in [0.5, 0.6) is 11.5 Å². The molecule has 0 bridgehead atoms. The first kappa shape index (κ1) is 22.7. The molecule has 0 aromatic heterocycles. The van der Waals surface area contributed by atoms with Crippen LogP contribution in [0.3, 0.4) is 0 Å². The maximum atomic E-state index is 13.2. The van der Waals surface area contributed by atoms with E-state index in [1.165, 1.54) is 0 Å². The summed E-state index contributed by atoms with van der Waals surface area (Å²) < 4.78 is 11.2. The Morgan fingerprint density at radius 1 is 0.968 bits per heavy atom. The standard InChI is InChI=1S/C25H32N2O4/c1-3-21(25(29)26-4-2)27(15-14-19-8-6-5-7-9-19)24(28)13-11-20-10-12-22-23(18-20)31-17-16-30-22/h5-10,12,18,21H,3-4,11,13-17H2,1-2H3,(H,26,29). The summed E-state index contributed by atoms with van der Waals surface area (Å²) >= 11 is 0. The molecule has 2 amide bonds. The van der Waals surface area contributed by atoms with Crippen LogP contribution >= 0.6 is 0 Å². The van der Waals surface area contributed by atoms with Crippen molar-refractivity contribution in [2.75, 3.05) is 26.3 Å². The Kier molecular flexibility index (Phi) is 8.33. The zero-order chi connectivity index (χ0) is 22.1. The summed E-state index contributed by atoms with van der Waals surface area (Å²) in [6, 6.07) is 15.4. The second-order valence-corrected chi connectivity index (χ2v) is 7.62. The van der Waals surface area contributed by atoms with Gasteiger partial charge in [0.15, 0.2) is 11.5 Å². The molecule has 0 fully saturated rings. The normalized spacial score (nSPS) is 13.4. The van der Waals surface area contributed by atoms with Gasteiger partial charge in [-0.05, 0) is 49.4 Å². The molecule has 31 heavy (non-hydrogen) atoms. The molecule has 6 nitrogen and oxygen atoms in total. The molecule has 0 radical (unpaired) electrons. The molecule has 1 unspecified atom stereocenters. The van der Waals surface area contributed by atoms with E-state index in [9.17, 15) is 9.59 Å². The molecule has 1 atom stereocenters. The Hall–Kier alpha value is -3.02. The molecule has 166 valence electrons. The summed E-state index contributed by atoms with van der Waals surface area (Å²) in [4.78, 5) is 27.6. The molecule has 1 heterocycles. The van der Waals surface area contributed by atoms with Gasteiger partial charge in [0.2, 0.25) is 11.8 Å². The number of hydrogen-bond acceptors (Lipinski definition) is 4. The highest BCUT2D eigenvalue weighted by molar-refractivity contribution is 5.87. The Bertz CT molecular complexity index is 869. The summed E-state index contributed by atoms with van der Waals surface area (Å²) in [7, 11) is 0. The second-order valence-electron chi connectivity index (χ2n) is 7.62. The molecule has 0 saturated carbocycles. The number of carbonyl (C=O) groups excluding carboxylic acids is 2. The lowest BCUT2D eigenvalue weighted by Gasteiger charge is -2.30. The van der Waals surface area contributed by atoms with Crippen molar-refractivity contribution in [3.63, 3.8) is 0 Å². The number of fused-ring (bicyclic) bond motifs is 1. The lowest BCUT2D eigenvalue weighted by Crippen LogP contribution is -2.50. The third-order valence-corrected chi connectivity index (χ3v) is 5.46. The monoisotopic (exact) mass is 424 g/mol. The quantitative estimate of drug-likeness (QED) is 0.635. The topological polar surface area (TPSA) is 67.9 Å². The zero-order valence-electron chi connectivity index (χ0n) is 18.4. The minimum atomic E-state index is -0.462. The molecule has 0 saturated heterocycles. The molecule has 2 aromatic rings. The van der Waals surface area contributed by atoms with Gasteiger partial charge >= 0.3 is 0 Å². The number of hydrogen-bond donors (Lipinski definition) is 1. The van der Waals surface area contributed by atoms with Crippen LogP contribution in [0, 0.1) is 0 Å². The van der Waals surface area contributed by atoms with E-state index in [2.05, 4.69) is 5.32 Å². The summed E-state index contributed by atoms with van der Waals surface area (Å²) in [5, 5.41) is 2.87. The van der Waals surface area contributed by atoms with Crippen LogP contribution in [0.1, 0.15) is 37.8 Å². The van der Waals surface area contributed by atoms with Crippen molar-refractivity contribution in [1.29, 1.82) is 0 Å². The van der Waals surface area contributed by atoms with Gasteiger partial charge in [-0.15, -0.1) is 0 Å². The predicted molar refractivity (Wildman–Crippen MR) is 120 cm³/mol. The summed E-state index contributed by atoms with van der Waals surface area (Å²) in [6.45, 7) is 5.99. The minimum absolute atomic E-state index is 0.0103. The maximum absolute atomic E-state index is 13.2. The number of nitrogens with zero attached hydrogens (tertiary/aromatic N) is 1. The van der Waals surface area contributed by atoms with Crippen molar-refractivity contribution in [2.45, 2.75) is 45.6 Å². The van der Waals surface area contributed by atoms with Crippen LogP contribution in [0.4, 0.5) is 0 Å². The lowest BCUT2D eigenvalue weighted by atomic mass is 10.1. The number of carbonyl (C=O) groups is 2. The predicted octanol–water partition coefficient (Wildman–Crippen LogP) is 3.38. The SMILES string of the molecule is CCNC(=O)C(CC)N(CCc1ccccc1)C(=O)CCc1ccc2c(c1)OCCO2. The third kappa shape index (κ3) is 6.23. The van der Waals surface area contributed by atoms with Gasteiger partial charge in [-0.3, -0.25) is 9.59 Å². The molecule has 1 aliphatic heterocycles. The Balaban J connectivity index is 1.69. The van der Waals surface area contributed by atoms with Gasteiger partial charge in [0.25, 0.3) is 0 Å². The molecule has 2 aromatic carbocycles. The smallest absolute Gasteiger partial charge is 0.242 e. The molecule has 6 heteroatoms. The van der Waals surface area contributed by atoms with Gasteiger partial charge in [0.1, 0.15) is 19.3 Å². The van der Waals surface area contributed by atoms with E-state index in [-0.39, 0.29) is 11.8 Å². The van der Waals surface area contributed by atoms with Gasteiger partial charge in [-0.2, -0.15) is 0 Å². The van der Waals surface area contributed by atoms with Crippen molar-refractivity contribution < 1.29 is 19.1 Å². The highest BCUT2D eigenvalue weighted by Gasteiger charge is 2.27. The first-order chi connectivity index (χ1) is 15.1. The van der Waals surface area contributed by atoms with E-state index >= 15 is 0 Å². The van der Waals surface area contributed by atoms with Crippen LogP contribution in [-0.4, -0.2) is 49.1 Å². The largest absolute Gasteiger partial charge is 0.486 e.